The highest BCUT2D eigenvalue weighted by atomic mass is 35.5. The van der Waals surface area contributed by atoms with Crippen molar-refractivity contribution in [2.75, 3.05) is 0 Å². The lowest BCUT2D eigenvalue weighted by Gasteiger charge is -2.33. The second-order valence-electron chi connectivity index (χ2n) is 6.23. The average Bonchev–Trinajstić information content (AvgIpc) is 2.55. The van der Waals surface area contributed by atoms with Crippen LogP contribution in [0.4, 0.5) is 8.78 Å². The third-order valence-electron chi connectivity index (χ3n) is 4.63. The van der Waals surface area contributed by atoms with E-state index in [-0.39, 0.29) is 12.0 Å². The number of rotatable bonds is 3. The fourth-order valence-electron chi connectivity index (χ4n) is 3.43. The van der Waals surface area contributed by atoms with E-state index in [1.54, 1.807) is 12.1 Å². The summed E-state index contributed by atoms with van der Waals surface area (Å²) in [6, 6.07) is 8.43. The number of nitrogens with one attached hydrogen (secondary N) is 1. The maximum atomic E-state index is 13.8. The van der Waals surface area contributed by atoms with Crippen LogP contribution in [0, 0.1) is 11.6 Å². The van der Waals surface area contributed by atoms with Crippen molar-refractivity contribution in [2.45, 2.75) is 37.6 Å². The minimum atomic E-state index is -0.866. The van der Waals surface area contributed by atoms with Crippen molar-refractivity contribution in [2.24, 2.45) is 0 Å². The highest BCUT2D eigenvalue weighted by molar-refractivity contribution is 6.35. The smallest absolute Gasteiger partial charge is 0.257 e. The summed E-state index contributed by atoms with van der Waals surface area (Å²) in [5.41, 5.74) is 0.346. The molecule has 2 aromatic rings. The molecule has 132 valence electrons. The van der Waals surface area contributed by atoms with Crippen LogP contribution in [0.3, 0.4) is 0 Å². The summed E-state index contributed by atoms with van der Waals surface area (Å²) in [5.74, 6) is -2.49. The summed E-state index contributed by atoms with van der Waals surface area (Å²) in [6.07, 6.45) is 3.51. The predicted octanol–water partition coefficient (Wildman–Crippen LogP) is 5.73. The molecule has 0 aromatic heterocycles. The Balaban J connectivity index is 1.85. The molecule has 0 saturated heterocycles. The van der Waals surface area contributed by atoms with Crippen LogP contribution in [-0.2, 0) is 0 Å². The number of hydrogen-bond acceptors (Lipinski definition) is 1. The Hall–Kier alpha value is -1.65. The van der Waals surface area contributed by atoms with Crippen LogP contribution in [0.15, 0.2) is 36.4 Å². The standard InChI is InChI=1S/C19H17Cl2F2NO/c20-11-8-9-12(14(21)10-11)13-4-1-2-7-17(13)24-19(25)18-15(22)5-3-6-16(18)23/h3,5-6,8-10,13,17H,1-2,4,7H2,(H,24,25)/t13-,17+/m1/s1. The molecule has 1 aliphatic rings. The molecule has 3 rings (SSSR count). The molecule has 0 bridgehead atoms. The van der Waals surface area contributed by atoms with Crippen molar-refractivity contribution >= 4 is 29.1 Å². The predicted molar refractivity (Wildman–Crippen MR) is 95.3 cm³/mol. The van der Waals surface area contributed by atoms with E-state index in [1.807, 2.05) is 6.07 Å². The zero-order chi connectivity index (χ0) is 18.0. The maximum Gasteiger partial charge on any atom is 0.257 e. The molecular weight excluding hydrogens is 367 g/mol. The van der Waals surface area contributed by atoms with E-state index in [2.05, 4.69) is 5.32 Å². The molecule has 1 amide bonds. The summed E-state index contributed by atoms with van der Waals surface area (Å²) in [6.45, 7) is 0. The highest BCUT2D eigenvalue weighted by Crippen LogP contribution is 2.37. The minimum absolute atomic E-state index is 0.0164. The fraction of sp³-hybridized carbons (Fsp3) is 0.316. The zero-order valence-corrected chi connectivity index (χ0v) is 14.9. The molecule has 2 atom stereocenters. The first-order valence-electron chi connectivity index (χ1n) is 8.17. The van der Waals surface area contributed by atoms with E-state index in [1.165, 1.54) is 6.07 Å². The van der Waals surface area contributed by atoms with Gasteiger partial charge in [0.1, 0.15) is 17.2 Å². The Bertz CT molecular complexity index is 777. The van der Waals surface area contributed by atoms with Gasteiger partial charge in [-0.25, -0.2) is 8.78 Å². The second-order valence-corrected chi connectivity index (χ2v) is 7.08. The van der Waals surface area contributed by atoms with Crippen LogP contribution in [0.1, 0.15) is 47.5 Å². The third kappa shape index (κ3) is 3.96. The van der Waals surface area contributed by atoms with Crippen molar-refractivity contribution in [1.29, 1.82) is 0 Å². The van der Waals surface area contributed by atoms with Crippen LogP contribution in [-0.4, -0.2) is 11.9 Å². The van der Waals surface area contributed by atoms with Gasteiger partial charge in [-0.1, -0.05) is 48.2 Å². The van der Waals surface area contributed by atoms with Gasteiger partial charge in [0.05, 0.1) is 0 Å². The summed E-state index contributed by atoms with van der Waals surface area (Å²) >= 11 is 12.3. The molecule has 2 nitrogen and oxygen atoms in total. The maximum absolute atomic E-state index is 13.8. The van der Waals surface area contributed by atoms with E-state index >= 15 is 0 Å². The van der Waals surface area contributed by atoms with Crippen LogP contribution in [0.5, 0.6) is 0 Å². The van der Waals surface area contributed by atoms with Gasteiger partial charge in [-0.3, -0.25) is 4.79 Å². The Morgan fingerprint density at radius 1 is 1.04 bits per heavy atom. The number of carbonyl (C=O) groups excluding carboxylic acids is 1. The molecule has 1 fully saturated rings. The van der Waals surface area contributed by atoms with Gasteiger partial charge < -0.3 is 5.32 Å². The highest BCUT2D eigenvalue weighted by Gasteiger charge is 2.30. The van der Waals surface area contributed by atoms with Crippen molar-refractivity contribution in [3.8, 4) is 0 Å². The van der Waals surface area contributed by atoms with Gasteiger partial charge >= 0.3 is 0 Å². The van der Waals surface area contributed by atoms with Gasteiger partial charge in [-0.05, 0) is 42.7 Å². The van der Waals surface area contributed by atoms with E-state index in [4.69, 9.17) is 23.2 Å². The molecule has 1 aliphatic carbocycles. The largest absolute Gasteiger partial charge is 0.349 e. The summed E-state index contributed by atoms with van der Waals surface area (Å²) in [4.78, 5) is 12.4. The number of carbonyl (C=O) groups is 1. The van der Waals surface area contributed by atoms with Crippen molar-refractivity contribution < 1.29 is 13.6 Å². The van der Waals surface area contributed by atoms with Gasteiger partial charge in [-0.15, -0.1) is 0 Å². The van der Waals surface area contributed by atoms with E-state index in [9.17, 15) is 13.6 Å². The summed E-state index contributed by atoms with van der Waals surface area (Å²) < 4.78 is 27.7. The second kappa shape index (κ2) is 7.71. The molecule has 0 radical (unpaired) electrons. The van der Waals surface area contributed by atoms with Crippen molar-refractivity contribution in [3.05, 3.63) is 69.2 Å². The normalized spacial score (nSPS) is 20.3. The Kier molecular flexibility index (Phi) is 5.60. The molecule has 1 N–H and O–H groups in total. The molecule has 2 aromatic carbocycles. The van der Waals surface area contributed by atoms with Gasteiger partial charge in [0.15, 0.2) is 0 Å². The topological polar surface area (TPSA) is 29.1 Å². The van der Waals surface area contributed by atoms with Crippen LogP contribution in [0.2, 0.25) is 10.0 Å². The first kappa shape index (κ1) is 18.2. The Morgan fingerprint density at radius 2 is 1.72 bits per heavy atom. The van der Waals surface area contributed by atoms with Crippen LogP contribution >= 0.6 is 23.2 Å². The van der Waals surface area contributed by atoms with Crippen LogP contribution in [0.25, 0.3) is 0 Å². The van der Waals surface area contributed by atoms with Crippen molar-refractivity contribution in [1.82, 2.24) is 5.32 Å². The first-order chi connectivity index (χ1) is 12.0. The molecule has 1 saturated carbocycles. The Morgan fingerprint density at radius 3 is 2.40 bits per heavy atom. The summed E-state index contributed by atoms with van der Waals surface area (Å²) in [7, 11) is 0. The SMILES string of the molecule is O=C(N[C@H]1CCCC[C@@H]1c1ccc(Cl)cc1Cl)c1c(F)cccc1F. The van der Waals surface area contributed by atoms with E-state index < -0.39 is 23.1 Å². The Labute approximate surface area is 155 Å². The number of benzene rings is 2. The number of halogens is 4. The summed E-state index contributed by atoms with van der Waals surface area (Å²) in [5, 5.41) is 3.87. The molecule has 0 aliphatic heterocycles. The lowest BCUT2D eigenvalue weighted by Crippen LogP contribution is -2.41. The van der Waals surface area contributed by atoms with Gasteiger partial charge in [0, 0.05) is 22.0 Å². The lowest BCUT2D eigenvalue weighted by atomic mass is 9.80. The van der Waals surface area contributed by atoms with Crippen molar-refractivity contribution in [3.63, 3.8) is 0 Å². The van der Waals surface area contributed by atoms with E-state index in [0.29, 0.717) is 10.0 Å². The lowest BCUT2D eigenvalue weighted by molar-refractivity contribution is 0.0912. The molecule has 0 spiro atoms. The zero-order valence-electron chi connectivity index (χ0n) is 13.4. The van der Waals surface area contributed by atoms with E-state index in [0.717, 1.165) is 43.4 Å². The molecule has 25 heavy (non-hydrogen) atoms. The quantitative estimate of drug-likeness (QED) is 0.720. The average molecular weight is 384 g/mol. The van der Waals surface area contributed by atoms with Gasteiger partial charge in [0.25, 0.3) is 5.91 Å². The van der Waals surface area contributed by atoms with Gasteiger partial charge in [-0.2, -0.15) is 0 Å². The van der Waals surface area contributed by atoms with Gasteiger partial charge in [0.2, 0.25) is 0 Å². The molecule has 0 unspecified atom stereocenters. The van der Waals surface area contributed by atoms with Crippen LogP contribution < -0.4 is 5.32 Å². The minimum Gasteiger partial charge on any atom is -0.349 e. The third-order valence-corrected chi connectivity index (χ3v) is 5.20. The molecule has 0 heterocycles. The number of hydrogen-bond donors (Lipinski definition) is 1. The molecular formula is C19H17Cl2F2NO. The number of amides is 1. The fourth-order valence-corrected chi connectivity index (χ4v) is 3.98. The monoisotopic (exact) mass is 383 g/mol. The molecule has 6 heteroatoms. The first-order valence-corrected chi connectivity index (χ1v) is 8.93.